The Morgan fingerprint density at radius 1 is 1.40 bits per heavy atom. The lowest BCUT2D eigenvalue weighted by Crippen LogP contribution is -2.27. The quantitative estimate of drug-likeness (QED) is 0.902. The number of thiazole rings is 1. The fourth-order valence-corrected chi connectivity index (χ4v) is 2.31. The van der Waals surface area contributed by atoms with E-state index in [9.17, 15) is 9.59 Å². The van der Waals surface area contributed by atoms with Crippen LogP contribution in [0, 0.1) is 0 Å². The zero-order valence-electron chi connectivity index (χ0n) is 11.1. The van der Waals surface area contributed by atoms with Gasteiger partial charge < -0.3 is 10.6 Å². The van der Waals surface area contributed by atoms with E-state index >= 15 is 0 Å². The molecule has 2 N–H and O–H groups in total. The first-order chi connectivity index (χ1) is 9.56. The largest absolute Gasteiger partial charge is 0.344 e. The van der Waals surface area contributed by atoms with Crippen molar-refractivity contribution >= 4 is 28.3 Å². The standard InChI is InChI=1S/C13H14N4O2S/c1-8(10-4-3-5-14-6-10)15-12(19)11-7-20-13(17-11)16-9(2)18/h3-8H,1-2H3,(H,15,19)(H,16,17,18). The molecule has 1 atom stereocenters. The van der Waals surface area contributed by atoms with E-state index in [-0.39, 0.29) is 23.6 Å². The minimum Gasteiger partial charge on any atom is -0.344 e. The Kier molecular flexibility index (Phi) is 4.41. The first-order valence-electron chi connectivity index (χ1n) is 6.00. The number of carbonyl (C=O) groups excluding carboxylic acids is 2. The summed E-state index contributed by atoms with van der Waals surface area (Å²) in [6.07, 6.45) is 3.38. The van der Waals surface area contributed by atoms with Gasteiger partial charge in [0, 0.05) is 24.7 Å². The highest BCUT2D eigenvalue weighted by molar-refractivity contribution is 7.14. The summed E-state index contributed by atoms with van der Waals surface area (Å²) in [6.45, 7) is 3.27. The highest BCUT2D eigenvalue weighted by atomic mass is 32.1. The number of amides is 2. The predicted molar refractivity (Wildman–Crippen MR) is 76.5 cm³/mol. The number of nitrogens with zero attached hydrogens (tertiary/aromatic N) is 2. The molecule has 0 radical (unpaired) electrons. The molecule has 0 aliphatic rings. The van der Waals surface area contributed by atoms with E-state index in [4.69, 9.17) is 0 Å². The van der Waals surface area contributed by atoms with Crippen LogP contribution in [-0.4, -0.2) is 21.8 Å². The fourth-order valence-electron chi connectivity index (χ4n) is 1.57. The van der Waals surface area contributed by atoms with Crippen molar-refractivity contribution in [1.82, 2.24) is 15.3 Å². The number of nitrogens with one attached hydrogen (secondary N) is 2. The molecule has 0 aliphatic heterocycles. The van der Waals surface area contributed by atoms with Crippen molar-refractivity contribution in [1.29, 1.82) is 0 Å². The van der Waals surface area contributed by atoms with Crippen molar-refractivity contribution < 1.29 is 9.59 Å². The molecular weight excluding hydrogens is 276 g/mol. The van der Waals surface area contributed by atoms with Crippen LogP contribution in [0.5, 0.6) is 0 Å². The molecule has 7 heteroatoms. The van der Waals surface area contributed by atoms with Crippen LogP contribution in [0.4, 0.5) is 5.13 Å². The number of aromatic nitrogens is 2. The zero-order chi connectivity index (χ0) is 14.5. The van der Waals surface area contributed by atoms with Gasteiger partial charge >= 0.3 is 0 Å². The Balaban J connectivity index is 2.01. The molecule has 2 aromatic heterocycles. The van der Waals surface area contributed by atoms with Gasteiger partial charge in [-0.3, -0.25) is 14.6 Å². The minimum absolute atomic E-state index is 0.165. The normalized spacial score (nSPS) is 11.7. The minimum atomic E-state index is -0.283. The number of hydrogen-bond donors (Lipinski definition) is 2. The molecule has 0 spiro atoms. The van der Waals surface area contributed by atoms with Gasteiger partial charge in [-0.2, -0.15) is 0 Å². The molecule has 1 unspecified atom stereocenters. The molecule has 2 rings (SSSR count). The summed E-state index contributed by atoms with van der Waals surface area (Å²) in [5, 5.41) is 7.40. The number of rotatable bonds is 4. The highest BCUT2D eigenvalue weighted by Gasteiger charge is 2.14. The first kappa shape index (κ1) is 14.1. The van der Waals surface area contributed by atoms with E-state index < -0.39 is 0 Å². The maximum atomic E-state index is 12.0. The zero-order valence-corrected chi connectivity index (χ0v) is 11.9. The average molecular weight is 290 g/mol. The summed E-state index contributed by atoms with van der Waals surface area (Å²) in [5.74, 6) is -0.496. The number of hydrogen-bond acceptors (Lipinski definition) is 5. The second kappa shape index (κ2) is 6.25. The topological polar surface area (TPSA) is 84.0 Å². The second-order valence-corrected chi connectivity index (χ2v) is 5.06. The first-order valence-corrected chi connectivity index (χ1v) is 6.88. The van der Waals surface area contributed by atoms with E-state index in [1.54, 1.807) is 17.8 Å². The average Bonchev–Trinajstić information content (AvgIpc) is 2.87. The molecule has 0 aliphatic carbocycles. The second-order valence-electron chi connectivity index (χ2n) is 4.20. The van der Waals surface area contributed by atoms with E-state index in [0.717, 1.165) is 5.56 Å². The van der Waals surface area contributed by atoms with Gasteiger partial charge in [0.15, 0.2) is 5.13 Å². The molecule has 0 aromatic carbocycles. The van der Waals surface area contributed by atoms with Crippen LogP contribution in [0.3, 0.4) is 0 Å². The van der Waals surface area contributed by atoms with Crippen LogP contribution in [0.25, 0.3) is 0 Å². The Morgan fingerprint density at radius 3 is 2.85 bits per heavy atom. The molecule has 20 heavy (non-hydrogen) atoms. The van der Waals surface area contributed by atoms with Gasteiger partial charge in [0.25, 0.3) is 5.91 Å². The lowest BCUT2D eigenvalue weighted by atomic mass is 10.1. The maximum Gasteiger partial charge on any atom is 0.271 e. The van der Waals surface area contributed by atoms with Crippen molar-refractivity contribution in [3.05, 3.63) is 41.2 Å². The molecular formula is C13H14N4O2S. The summed E-state index contributed by atoms with van der Waals surface area (Å²) >= 11 is 1.21. The fraction of sp³-hybridized carbons (Fsp3) is 0.231. The molecule has 0 saturated heterocycles. The Hall–Kier alpha value is -2.28. The van der Waals surface area contributed by atoms with Crippen LogP contribution in [0.2, 0.25) is 0 Å². The maximum absolute atomic E-state index is 12.0. The summed E-state index contributed by atoms with van der Waals surface area (Å²) in [6, 6.07) is 3.54. The van der Waals surface area contributed by atoms with Crippen LogP contribution >= 0.6 is 11.3 Å². The Morgan fingerprint density at radius 2 is 2.20 bits per heavy atom. The van der Waals surface area contributed by atoms with E-state index in [1.807, 2.05) is 19.1 Å². The molecule has 0 saturated carbocycles. The summed E-state index contributed by atoms with van der Waals surface area (Å²) < 4.78 is 0. The summed E-state index contributed by atoms with van der Waals surface area (Å²) in [5.41, 5.74) is 1.20. The van der Waals surface area contributed by atoms with Crippen LogP contribution in [0.1, 0.15) is 35.9 Å². The molecule has 0 fully saturated rings. The molecule has 104 valence electrons. The van der Waals surface area contributed by atoms with Crippen molar-refractivity contribution in [2.24, 2.45) is 0 Å². The van der Waals surface area contributed by atoms with Gasteiger partial charge in [0.1, 0.15) is 5.69 Å². The van der Waals surface area contributed by atoms with Crippen LogP contribution < -0.4 is 10.6 Å². The van der Waals surface area contributed by atoms with Crippen molar-refractivity contribution in [2.45, 2.75) is 19.9 Å². The van der Waals surface area contributed by atoms with E-state index in [2.05, 4.69) is 20.6 Å². The lowest BCUT2D eigenvalue weighted by Gasteiger charge is -2.12. The number of anilines is 1. The van der Waals surface area contributed by atoms with Crippen LogP contribution in [-0.2, 0) is 4.79 Å². The highest BCUT2D eigenvalue weighted by Crippen LogP contribution is 2.16. The van der Waals surface area contributed by atoms with Crippen molar-refractivity contribution in [3.8, 4) is 0 Å². The summed E-state index contributed by atoms with van der Waals surface area (Å²) in [4.78, 5) is 31.0. The third kappa shape index (κ3) is 3.61. The third-order valence-corrected chi connectivity index (χ3v) is 3.31. The van der Waals surface area contributed by atoms with E-state index in [0.29, 0.717) is 5.13 Å². The van der Waals surface area contributed by atoms with Gasteiger partial charge in [-0.25, -0.2) is 4.98 Å². The molecule has 2 amide bonds. The van der Waals surface area contributed by atoms with Crippen molar-refractivity contribution in [3.63, 3.8) is 0 Å². The van der Waals surface area contributed by atoms with E-state index in [1.165, 1.54) is 18.3 Å². The Labute approximate surface area is 120 Å². The van der Waals surface area contributed by atoms with Gasteiger partial charge in [0.2, 0.25) is 5.91 Å². The Bertz CT molecular complexity index is 612. The number of carbonyl (C=O) groups is 2. The molecule has 6 nitrogen and oxygen atoms in total. The van der Waals surface area contributed by atoms with Gasteiger partial charge in [-0.15, -0.1) is 11.3 Å². The monoisotopic (exact) mass is 290 g/mol. The van der Waals surface area contributed by atoms with Crippen molar-refractivity contribution in [2.75, 3.05) is 5.32 Å². The SMILES string of the molecule is CC(=O)Nc1nc(C(=O)NC(C)c2cccnc2)cs1. The van der Waals surface area contributed by atoms with Gasteiger partial charge in [0.05, 0.1) is 6.04 Å². The van der Waals surface area contributed by atoms with Crippen LogP contribution in [0.15, 0.2) is 29.9 Å². The van der Waals surface area contributed by atoms with Gasteiger partial charge in [-0.1, -0.05) is 6.07 Å². The lowest BCUT2D eigenvalue weighted by molar-refractivity contribution is -0.114. The smallest absolute Gasteiger partial charge is 0.271 e. The molecule has 2 aromatic rings. The predicted octanol–water partition coefficient (Wildman–Crippen LogP) is 1.99. The number of pyridine rings is 1. The van der Waals surface area contributed by atoms with Gasteiger partial charge in [-0.05, 0) is 18.6 Å². The molecule has 0 bridgehead atoms. The summed E-state index contributed by atoms with van der Waals surface area (Å²) in [7, 11) is 0. The molecule has 2 heterocycles. The third-order valence-electron chi connectivity index (χ3n) is 2.55.